The predicted octanol–water partition coefficient (Wildman–Crippen LogP) is 2.68. The summed E-state index contributed by atoms with van der Waals surface area (Å²) < 4.78 is 0. The fourth-order valence-corrected chi connectivity index (χ4v) is 2.38. The third kappa shape index (κ3) is 3.59. The average Bonchev–Trinajstić information content (AvgIpc) is 3.01. The van der Waals surface area contributed by atoms with Gasteiger partial charge in [0, 0.05) is 11.1 Å². The Bertz CT molecular complexity index is 614. The normalized spacial score (nSPS) is 11.1. The van der Waals surface area contributed by atoms with Crippen LogP contribution in [-0.4, -0.2) is 26.4 Å². The number of allylic oxidation sites excluding steroid dienone is 1. The van der Waals surface area contributed by atoms with E-state index in [2.05, 4.69) is 38.9 Å². The molecule has 0 fully saturated rings. The maximum Gasteiger partial charge on any atom is 0.216 e. The van der Waals surface area contributed by atoms with Crippen molar-refractivity contribution >= 4 is 23.0 Å². The van der Waals surface area contributed by atoms with E-state index in [4.69, 9.17) is 5.26 Å². The zero-order valence-corrected chi connectivity index (χ0v) is 11.8. The Labute approximate surface area is 121 Å². The van der Waals surface area contributed by atoms with E-state index in [1.54, 1.807) is 18.0 Å². The second-order valence-electron chi connectivity index (χ2n) is 3.89. The Morgan fingerprint density at radius 2 is 2.35 bits per heavy atom. The van der Waals surface area contributed by atoms with Crippen LogP contribution in [0.25, 0.3) is 5.57 Å². The molecule has 102 valence electrons. The minimum Gasteiger partial charge on any atom is -0.359 e. The molecule has 0 radical (unpaired) electrons. The first-order chi connectivity index (χ1) is 9.85. The van der Waals surface area contributed by atoms with Crippen LogP contribution in [0.2, 0.25) is 0 Å². The van der Waals surface area contributed by atoms with Gasteiger partial charge >= 0.3 is 0 Å². The van der Waals surface area contributed by atoms with Crippen LogP contribution in [0.1, 0.15) is 19.2 Å². The molecule has 2 N–H and O–H groups in total. The Morgan fingerprint density at radius 1 is 1.50 bits per heavy atom. The van der Waals surface area contributed by atoms with Crippen LogP contribution in [-0.2, 0) is 0 Å². The number of hydrogen-bond acceptors (Lipinski definition) is 6. The number of anilines is 1. The first-order valence-corrected chi connectivity index (χ1v) is 7.16. The van der Waals surface area contributed by atoms with Crippen LogP contribution in [0.15, 0.2) is 35.4 Å². The van der Waals surface area contributed by atoms with E-state index in [0.29, 0.717) is 5.57 Å². The smallest absolute Gasteiger partial charge is 0.216 e. The van der Waals surface area contributed by atoms with Gasteiger partial charge in [-0.25, -0.2) is 0 Å². The summed E-state index contributed by atoms with van der Waals surface area (Å²) in [6, 6.07) is 10.0. The van der Waals surface area contributed by atoms with Crippen LogP contribution in [0.4, 0.5) is 5.69 Å². The molecular weight excluding hydrogens is 272 g/mol. The van der Waals surface area contributed by atoms with E-state index in [1.807, 2.05) is 24.3 Å². The van der Waals surface area contributed by atoms with Crippen molar-refractivity contribution in [3.63, 3.8) is 0 Å². The molecule has 2 aromatic rings. The minimum atomic E-state index is 0.277. The molecule has 0 aliphatic heterocycles. The SMILES string of the molecule is CCCSc1ccccc1NC=C(C#N)c1nn[nH]n1. The molecule has 0 amide bonds. The lowest BCUT2D eigenvalue weighted by molar-refractivity contribution is 0.881. The van der Waals surface area contributed by atoms with E-state index >= 15 is 0 Å². The molecule has 1 aromatic heterocycles. The van der Waals surface area contributed by atoms with Gasteiger partial charge in [0.2, 0.25) is 5.82 Å². The summed E-state index contributed by atoms with van der Waals surface area (Å²) in [7, 11) is 0. The number of nitriles is 1. The number of nitrogens with one attached hydrogen (secondary N) is 2. The van der Waals surface area contributed by atoms with Gasteiger partial charge in [-0.15, -0.1) is 22.0 Å². The number of hydrogen-bond donors (Lipinski definition) is 2. The highest BCUT2D eigenvalue weighted by Gasteiger charge is 2.06. The molecule has 0 atom stereocenters. The highest BCUT2D eigenvalue weighted by Crippen LogP contribution is 2.27. The van der Waals surface area contributed by atoms with Gasteiger partial charge in [-0.05, 0) is 29.5 Å². The third-order valence-electron chi connectivity index (χ3n) is 2.43. The van der Waals surface area contributed by atoms with Gasteiger partial charge in [-0.1, -0.05) is 19.1 Å². The lowest BCUT2D eigenvalue weighted by Gasteiger charge is -2.08. The summed E-state index contributed by atoms with van der Waals surface area (Å²) in [5.41, 5.74) is 1.29. The van der Waals surface area contributed by atoms with Gasteiger partial charge in [0.05, 0.1) is 5.69 Å². The van der Waals surface area contributed by atoms with Crippen molar-refractivity contribution in [3.8, 4) is 6.07 Å². The Kier molecular flexibility index (Phi) is 5.15. The Morgan fingerprint density at radius 3 is 3.05 bits per heavy atom. The zero-order chi connectivity index (χ0) is 14.2. The quantitative estimate of drug-likeness (QED) is 0.626. The number of rotatable bonds is 6. The number of tetrazole rings is 1. The lowest BCUT2D eigenvalue weighted by atomic mass is 10.3. The topological polar surface area (TPSA) is 90.3 Å². The van der Waals surface area contributed by atoms with Crippen molar-refractivity contribution in [1.29, 1.82) is 5.26 Å². The number of aromatic nitrogens is 4. The van der Waals surface area contributed by atoms with E-state index in [-0.39, 0.29) is 5.82 Å². The lowest BCUT2D eigenvalue weighted by Crippen LogP contribution is -1.94. The molecule has 1 aromatic carbocycles. The molecule has 0 aliphatic rings. The second-order valence-corrected chi connectivity index (χ2v) is 5.03. The van der Waals surface area contributed by atoms with Gasteiger partial charge in [0.15, 0.2) is 0 Å². The van der Waals surface area contributed by atoms with Crippen molar-refractivity contribution in [2.45, 2.75) is 18.2 Å². The summed E-state index contributed by atoms with van der Waals surface area (Å²) in [6.45, 7) is 2.15. The monoisotopic (exact) mass is 286 g/mol. The van der Waals surface area contributed by atoms with E-state index in [1.165, 1.54) is 0 Å². The summed E-state index contributed by atoms with van der Waals surface area (Å²) >= 11 is 1.78. The fraction of sp³-hybridized carbons (Fsp3) is 0.231. The molecule has 0 spiro atoms. The molecule has 1 heterocycles. The molecule has 0 unspecified atom stereocenters. The molecule has 0 bridgehead atoms. The number of nitrogens with zero attached hydrogens (tertiary/aromatic N) is 4. The zero-order valence-electron chi connectivity index (χ0n) is 11.0. The molecule has 7 heteroatoms. The number of H-pyrrole nitrogens is 1. The predicted molar refractivity (Wildman–Crippen MR) is 78.8 cm³/mol. The van der Waals surface area contributed by atoms with Crippen LogP contribution >= 0.6 is 11.8 Å². The van der Waals surface area contributed by atoms with E-state index in [0.717, 1.165) is 22.8 Å². The van der Waals surface area contributed by atoms with Crippen molar-refractivity contribution < 1.29 is 0 Å². The molecule has 6 nitrogen and oxygen atoms in total. The average molecular weight is 286 g/mol. The summed E-state index contributed by atoms with van der Waals surface area (Å²) in [5.74, 6) is 1.33. The molecular formula is C13H14N6S. The van der Waals surface area contributed by atoms with Crippen LogP contribution in [0.5, 0.6) is 0 Å². The highest BCUT2D eigenvalue weighted by atomic mass is 32.2. The highest BCUT2D eigenvalue weighted by molar-refractivity contribution is 7.99. The molecule has 2 rings (SSSR count). The standard InChI is InChI=1S/C13H14N6S/c1-2-7-20-12-6-4-3-5-11(12)15-9-10(8-14)13-16-18-19-17-13/h3-6,9,15H,2,7H2,1H3,(H,16,17,18,19). The van der Waals surface area contributed by atoms with Gasteiger partial charge < -0.3 is 5.32 Å². The van der Waals surface area contributed by atoms with Crippen molar-refractivity contribution in [2.24, 2.45) is 0 Å². The van der Waals surface area contributed by atoms with E-state index in [9.17, 15) is 0 Å². The first kappa shape index (κ1) is 14.1. The maximum absolute atomic E-state index is 9.10. The van der Waals surface area contributed by atoms with Gasteiger partial charge in [0.1, 0.15) is 11.6 Å². The molecule has 0 saturated heterocycles. The van der Waals surface area contributed by atoms with Crippen LogP contribution < -0.4 is 5.32 Å². The largest absolute Gasteiger partial charge is 0.359 e. The minimum absolute atomic E-state index is 0.277. The summed E-state index contributed by atoms with van der Waals surface area (Å²) in [6.07, 6.45) is 2.71. The Hall–Kier alpha value is -2.33. The fourth-order valence-electron chi connectivity index (χ4n) is 1.50. The molecule has 0 aliphatic carbocycles. The van der Waals surface area contributed by atoms with Crippen LogP contribution in [0, 0.1) is 11.3 Å². The maximum atomic E-state index is 9.10. The number of thioether (sulfide) groups is 1. The van der Waals surface area contributed by atoms with E-state index < -0.39 is 0 Å². The van der Waals surface area contributed by atoms with Gasteiger partial charge in [0.25, 0.3) is 0 Å². The van der Waals surface area contributed by atoms with Gasteiger partial charge in [-0.3, -0.25) is 0 Å². The second kappa shape index (κ2) is 7.31. The Balaban J connectivity index is 2.16. The number of aromatic amines is 1. The van der Waals surface area contributed by atoms with Crippen LogP contribution in [0.3, 0.4) is 0 Å². The van der Waals surface area contributed by atoms with Crippen molar-refractivity contribution in [1.82, 2.24) is 20.6 Å². The van der Waals surface area contributed by atoms with Gasteiger partial charge in [-0.2, -0.15) is 10.5 Å². The molecule has 20 heavy (non-hydrogen) atoms. The van der Waals surface area contributed by atoms with Crippen molar-refractivity contribution in [3.05, 3.63) is 36.3 Å². The summed E-state index contributed by atoms with van der Waals surface area (Å²) in [5, 5.41) is 25.6. The number of benzene rings is 1. The number of para-hydroxylation sites is 1. The third-order valence-corrected chi connectivity index (χ3v) is 3.71. The van der Waals surface area contributed by atoms with Crippen molar-refractivity contribution in [2.75, 3.05) is 11.1 Å². The first-order valence-electron chi connectivity index (χ1n) is 6.17. The molecule has 0 saturated carbocycles. The summed E-state index contributed by atoms with van der Waals surface area (Å²) in [4.78, 5) is 1.15.